The van der Waals surface area contributed by atoms with Crippen molar-refractivity contribution in [2.45, 2.75) is 13.0 Å². The predicted octanol–water partition coefficient (Wildman–Crippen LogP) is 2.62. The van der Waals surface area contributed by atoms with E-state index in [1.54, 1.807) is 7.11 Å². The Morgan fingerprint density at radius 1 is 1.17 bits per heavy atom. The Morgan fingerprint density at radius 3 is 2.61 bits per heavy atom. The maximum Gasteiger partial charge on any atom is 0.188 e. The molecule has 0 bridgehead atoms. The van der Waals surface area contributed by atoms with Gasteiger partial charge in [0.05, 0.1) is 13.7 Å². The minimum absolute atomic E-state index is 0.00897. The Morgan fingerprint density at radius 2 is 1.91 bits per heavy atom. The van der Waals surface area contributed by atoms with E-state index in [1.807, 2.05) is 24.3 Å². The number of guanidine groups is 1. The molecular formula is C17H19F2N3O. The number of ether oxygens (including phenoxy) is 1. The quantitative estimate of drug-likeness (QED) is 0.635. The molecule has 122 valence electrons. The second-order valence-electron chi connectivity index (χ2n) is 4.96. The summed E-state index contributed by atoms with van der Waals surface area (Å²) in [5, 5.41) is 2.94. The van der Waals surface area contributed by atoms with Crippen LogP contribution in [-0.4, -0.2) is 19.6 Å². The number of nitrogens with zero attached hydrogens (tertiary/aromatic N) is 1. The summed E-state index contributed by atoms with van der Waals surface area (Å²) >= 11 is 0. The first kappa shape index (κ1) is 16.7. The minimum Gasteiger partial charge on any atom is -0.497 e. The van der Waals surface area contributed by atoms with E-state index in [2.05, 4.69) is 10.3 Å². The number of aliphatic imine (C=N–C) groups is 1. The second-order valence-corrected chi connectivity index (χ2v) is 4.96. The number of hydrogen-bond donors (Lipinski definition) is 2. The molecule has 0 saturated heterocycles. The first-order valence-electron chi connectivity index (χ1n) is 7.19. The Bertz CT molecular complexity index is 672. The molecule has 2 aromatic rings. The van der Waals surface area contributed by atoms with Crippen molar-refractivity contribution in [2.75, 3.05) is 13.7 Å². The van der Waals surface area contributed by atoms with Gasteiger partial charge in [0, 0.05) is 12.1 Å². The van der Waals surface area contributed by atoms with E-state index >= 15 is 0 Å². The minimum atomic E-state index is -0.499. The van der Waals surface area contributed by atoms with Gasteiger partial charge in [-0.2, -0.15) is 0 Å². The molecule has 2 rings (SSSR count). The Hall–Kier alpha value is -2.63. The van der Waals surface area contributed by atoms with Crippen molar-refractivity contribution in [1.82, 2.24) is 5.32 Å². The van der Waals surface area contributed by atoms with Crippen LogP contribution in [0.1, 0.15) is 11.1 Å². The van der Waals surface area contributed by atoms with E-state index in [0.717, 1.165) is 35.9 Å². The molecule has 0 radical (unpaired) electrons. The zero-order valence-corrected chi connectivity index (χ0v) is 12.9. The maximum atomic E-state index is 13.4. The van der Waals surface area contributed by atoms with Gasteiger partial charge in [0.15, 0.2) is 5.96 Å². The lowest BCUT2D eigenvalue weighted by Crippen LogP contribution is -2.33. The molecule has 2 aromatic carbocycles. The molecule has 23 heavy (non-hydrogen) atoms. The first-order valence-corrected chi connectivity index (χ1v) is 7.19. The standard InChI is InChI=1S/C17H19F2N3O/c1-23-15-5-2-12(3-6-15)8-9-21-17(20)22-11-13-10-14(18)4-7-16(13)19/h2-7,10H,8-9,11H2,1H3,(H3,20,21,22). The monoisotopic (exact) mass is 319 g/mol. The molecule has 6 heteroatoms. The number of halogens is 2. The van der Waals surface area contributed by atoms with Gasteiger partial charge >= 0.3 is 0 Å². The highest BCUT2D eigenvalue weighted by Crippen LogP contribution is 2.12. The smallest absolute Gasteiger partial charge is 0.188 e. The van der Waals surface area contributed by atoms with Crippen LogP contribution in [0, 0.1) is 11.6 Å². The van der Waals surface area contributed by atoms with Crippen LogP contribution < -0.4 is 15.8 Å². The lowest BCUT2D eigenvalue weighted by Gasteiger charge is -2.07. The van der Waals surface area contributed by atoms with Crippen LogP contribution in [-0.2, 0) is 13.0 Å². The lowest BCUT2D eigenvalue weighted by molar-refractivity contribution is 0.414. The van der Waals surface area contributed by atoms with Crippen LogP contribution in [0.2, 0.25) is 0 Å². The molecule has 0 heterocycles. The predicted molar refractivity (Wildman–Crippen MR) is 86.4 cm³/mol. The molecule has 0 amide bonds. The van der Waals surface area contributed by atoms with Gasteiger partial charge in [-0.1, -0.05) is 12.1 Å². The van der Waals surface area contributed by atoms with Crippen LogP contribution in [0.4, 0.5) is 8.78 Å². The van der Waals surface area contributed by atoms with Gasteiger partial charge < -0.3 is 15.8 Å². The van der Waals surface area contributed by atoms with Crippen molar-refractivity contribution in [3.05, 3.63) is 65.2 Å². The highest BCUT2D eigenvalue weighted by Gasteiger charge is 2.03. The summed E-state index contributed by atoms with van der Waals surface area (Å²) in [4.78, 5) is 4.01. The van der Waals surface area contributed by atoms with E-state index in [-0.39, 0.29) is 18.1 Å². The molecule has 0 spiro atoms. The molecule has 4 nitrogen and oxygen atoms in total. The number of hydrogen-bond acceptors (Lipinski definition) is 2. The summed E-state index contributed by atoms with van der Waals surface area (Å²) in [6.45, 7) is 0.582. The van der Waals surface area contributed by atoms with E-state index in [1.165, 1.54) is 0 Å². The average Bonchev–Trinajstić information content (AvgIpc) is 2.56. The summed E-state index contributed by atoms with van der Waals surface area (Å²) in [5.74, 6) is 0.00546. The molecular weight excluding hydrogens is 300 g/mol. The van der Waals surface area contributed by atoms with Crippen LogP contribution in [0.3, 0.4) is 0 Å². The van der Waals surface area contributed by atoms with Crippen LogP contribution in [0.15, 0.2) is 47.5 Å². The van der Waals surface area contributed by atoms with Crippen molar-refractivity contribution in [3.8, 4) is 5.75 Å². The molecule has 0 fully saturated rings. The van der Waals surface area contributed by atoms with Crippen LogP contribution in [0.5, 0.6) is 5.75 Å². The zero-order valence-electron chi connectivity index (χ0n) is 12.9. The van der Waals surface area contributed by atoms with E-state index < -0.39 is 11.6 Å². The molecule has 0 saturated carbocycles. The zero-order chi connectivity index (χ0) is 16.7. The largest absolute Gasteiger partial charge is 0.497 e. The van der Waals surface area contributed by atoms with Crippen molar-refractivity contribution in [1.29, 1.82) is 0 Å². The van der Waals surface area contributed by atoms with Gasteiger partial charge in [-0.3, -0.25) is 0 Å². The van der Waals surface area contributed by atoms with Gasteiger partial charge in [0.2, 0.25) is 0 Å². The second kappa shape index (κ2) is 8.12. The Balaban J connectivity index is 1.81. The lowest BCUT2D eigenvalue weighted by atomic mass is 10.1. The highest BCUT2D eigenvalue weighted by molar-refractivity contribution is 5.77. The molecule has 0 unspecified atom stereocenters. The fourth-order valence-corrected chi connectivity index (χ4v) is 2.02. The first-order chi connectivity index (χ1) is 11.1. The molecule has 0 aliphatic heterocycles. The summed E-state index contributed by atoms with van der Waals surface area (Å²) in [7, 11) is 1.62. The Kier molecular flexibility index (Phi) is 5.91. The van der Waals surface area contributed by atoms with Gasteiger partial charge in [0.1, 0.15) is 17.4 Å². The third-order valence-corrected chi connectivity index (χ3v) is 3.31. The molecule has 0 atom stereocenters. The summed E-state index contributed by atoms with van der Waals surface area (Å²) in [6, 6.07) is 11.0. The third-order valence-electron chi connectivity index (χ3n) is 3.31. The van der Waals surface area contributed by atoms with Crippen molar-refractivity contribution < 1.29 is 13.5 Å². The molecule has 3 N–H and O–H groups in total. The van der Waals surface area contributed by atoms with Crippen molar-refractivity contribution in [2.24, 2.45) is 10.7 Å². The van der Waals surface area contributed by atoms with Crippen molar-refractivity contribution in [3.63, 3.8) is 0 Å². The van der Waals surface area contributed by atoms with Crippen molar-refractivity contribution >= 4 is 5.96 Å². The van der Waals surface area contributed by atoms with Gasteiger partial charge in [0.25, 0.3) is 0 Å². The van der Waals surface area contributed by atoms with E-state index in [4.69, 9.17) is 10.5 Å². The summed E-state index contributed by atoms with van der Waals surface area (Å²) < 4.78 is 31.6. The van der Waals surface area contributed by atoms with Gasteiger partial charge in [-0.05, 0) is 42.3 Å². The number of nitrogens with two attached hydrogens (primary N) is 1. The number of methoxy groups -OCH3 is 1. The van der Waals surface area contributed by atoms with Crippen LogP contribution >= 0.6 is 0 Å². The SMILES string of the molecule is COc1ccc(CCNC(N)=NCc2cc(F)ccc2F)cc1. The normalized spacial score (nSPS) is 11.3. The molecule has 0 aliphatic rings. The number of rotatable bonds is 6. The molecule has 0 aromatic heterocycles. The van der Waals surface area contributed by atoms with E-state index in [9.17, 15) is 8.78 Å². The average molecular weight is 319 g/mol. The van der Waals surface area contributed by atoms with Gasteiger partial charge in [-0.25, -0.2) is 13.8 Å². The van der Waals surface area contributed by atoms with E-state index in [0.29, 0.717) is 6.54 Å². The van der Waals surface area contributed by atoms with Gasteiger partial charge in [-0.15, -0.1) is 0 Å². The van der Waals surface area contributed by atoms with Crippen LogP contribution in [0.25, 0.3) is 0 Å². The summed E-state index contributed by atoms with van der Waals surface area (Å²) in [6.07, 6.45) is 0.758. The fraction of sp³-hybridized carbons (Fsp3) is 0.235. The topological polar surface area (TPSA) is 59.6 Å². The third kappa shape index (κ3) is 5.25. The molecule has 0 aliphatic carbocycles. The number of benzene rings is 2. The maximum absolute atomic E-state index is 13.4. The number of nitrogens with one attached hydrogen (secondary N) is 1. The Labute approximate surface area is 134 Å². The fourth-order valence-electron chi connectivity index (χ4n) is 2.02. The summed E-state index contributed by atoms with van der Waals surface area (Å²) in [5.41, 5.74) is 7.02. The highest BCUT2D eigenvalue weighted by atomic mass is 19.1.